The van der Waals surface area contributed by atoms with Gasteiger partial charge in [0.15, 0.2) is 0 Å². The Morgan fingerprint density at radius 3 is 2.40 bits per heavy atom. The normalized spacial score (nSPS) is 10.9. The molecule has 4 heteroatoms. The fourth-order valence-corrected chi connectivity index (χ4v) is 2.60. The van der Waals surface area contributed by atoms with Crippen molar-refractivity contribution in [2.45, 2.75) is 46.5 Å². The quantitative estimate of drug-likeness (QED) is 0.826. The summed E-state index contributed by atoms with van der Waals surface area (Å²) in [4.78, 5) is 12.5. The number of nitrogens with zero attached hydrogens (tertiary/aromatic N) is 1. The molecule has 1 aromatic rings. The number of halogens is 1. The zero-order chi connectivity index (χ0) is 15.2. The molecule has 3 nitrogen and oxygen atoms in total. The topological polar surface area (TPSA) is 52.9 Å². The van der Waals surface area contributed by atoms with Crippen LogP contribution in [0.4, 0.5) is 5.69 Å². The van der Waals surface area contributed by atoms with Gasteiger partial charge in [-0.1, -0.05) is 38.3 Å². The number of carbonyl (C=O) groups excluding carboxylic acids is 1. The lowest BCUT2D eigenvalue weighted by Crippen LogP contribution is -2.35. The van der Waals surface area contributed by atoms with E-state index in [1.165, 1.54) is 0 Å². The highest BCUT2D eigenvalue weighted by Gasteiger charge is 2.37. The number of hydrogen-bond acceptors (Lipinski definition) is 2. The van der Waals surface area contributed by atoms with Crippen LogP contribution in [0, 0.1) is 23.7 Å². The molecule has 0 aliphatic heterocycles. The summed E-state index contributed by atoms with van der Waals surface area (Å²) in [6.07, 6.45) is 2.77. The van der Waals surface area contributed by atoms with E-state index in [0.717, 1.165) is 18.4 Å². The van der Waals surface area contributed by atoms with Crippen molar-refractivity contribution in [1.29, 1.82) is 5.26 Å². The number of carbonyl (C=O) groups is 1. The molecule has 1 amide bonds. The van der Waals surface area contributed by atoms with Gasteiger partial charge < -0.3 is 5.32 Å². The van der Waals surface area contributed by atoms with Gasteiger partial charge in [0.1, 0.15) is 5.41 Å². The highest BCUT2D eigenvalue weighted by molar-refractivity contribution is 6.30. The number of anilines is 1. The van der Waals surface area contributed by atoms with Gasteiger partial charge in [0.05, 0.1) is 6.07 Å². The van der Waals surface area contributed by atoms with Crippen molar-refractivity contribution >= 4 is 23.2 Å². The van der Waals surface area contributed by atoms with Gasteiger partial charge in [-0.25, -0.2) is 0 Å². The first-order valence-electron chi connectivity index (χ1n) is 6.98. The molecule has 108 valence electrons. The van der Waals surface area contributed by atoms with E-state index in [1.807, 2.05) is 20.8 Å². The SMILES string of the molecule is CCCC(C#N)(CCC)C(=O)Nc1ccc(Cl)cc1C. The van der Waals surface area contributed by atoms with Gasteiger partial charge in [0.2, 0.25) is 5.91 Å². The first-order chi connectivity index (χ1) is 9.49. The molecule has 1 N–H and O–H groups in total. The molecule has 20 heavy (non-hydrogen) atoms. The average molecular weight is 293 g/mol. The summed E-state index contributed by atoms with van der Waals surface area (Å²) in [7, 11) is 0. The molecular formula is C16H21ClN2O. The van der Waals surface area contributed by atoms with E-state index in [-0.39, 0.29) is 5.91 Å². The predicted molar refractivity (Wildman–Crippen MR) is 82.7 cm³/mol. The molecule has 0 saturated heterocycles. The van der Waals surface area contributed by atoms with E-state index in [0.29, 0.717) is 23.6 Å². The predicted octanol–water partition coefficient (Wildman–Crippen LogP) is 4.70. The minimum absolute atomic E-state index is 0.214. The van der Waals surface area contributed by atoms with E-state index < -0.39 is 5.41 Å². The number of aryl methyl sites for hydroxylation is 1. The molecule has 0 aromatic heterocycles. The largest absolute Gasteiger partial charge is 0.324 e. The third-order valence-corrected chi connectivity index (χ3v) is 3.67. The van der Waals surface area contributed by atoms with E-state index >= 15 is 0 Å². The Labute approximate surface area is 125 Å². The van der Waals surface area contributed by atoms with E-state index in [4.69, 9.17) is 11.6 Å². The van der Waals surface area contributed by atoms with E-state index in [1.54, 1.807) is 18.2 Å². The van der Waals surface area contributed by atoms with Crippen LogP contribution in [0.3, 0.4) is 0 Å². The fraction of sp³-hybridized carbons (Fsp3) is 0.500. The molecule has 0 aliphatic rings. The summed E-state index contributed by atoms with van der Waals surface area (Å²) in [6, 6.07) is 7.53. The molecule has 0 spiro atoms. The molecule has 0 fully saturated rings. The molecule has 1 aromatic carbocycles. The summed E-state index contributed by atoms with van der Waals surface area (Å²) in [5.74, 6) is -0.214. The van der Waals surface area contributed by atoms with Gasteiger partial charge in [-0.2, -0.15) is 5.26 Å². The van der Waals surface area contributed by atoms with Crippen LogP contribution in [0.25, 0.3) is 0 Å². The standard InChI is InChI=1S/C16H21ClN2O/c1-4-8-16(11-18,9-5-2)15(20)19-14-7-6-13(17)10-12(14)3/h6-7,10H,4-5,8-9H2,1-3H3,(H,19,20). The Balaban J connectivity index is 2.99. The summed E-state index contributed by atoms with van der Waals surface area (Å²) in [5.41, 5.74) is 0.673. The minimum Gasteiger partial charge on any atom is -0.324 e. The van der Waals surface area contributed by atoms with Crippen molar-refractivity contribution in [3.63, 3.8) is 0 Å². The Hall–Kier alpha value is -1.53. The van der Waals surface area contributed by atoms with Gasteiger partial charge >= 0.3 is 0 Å². The van der Waals surface area contributed by atoms with Crippen molar-refractivity contribution < 1.29 is 4.79 Å². The maximum Gasteiger partial charge on any atom is 0.244 e. The second-order valence-electron chi connectivity index (χ2n) is 5.11. The second kappa shape index (κ2) is 7.31. The highest BCUT2D eigenvalue weighted by Crippen LogP contribution is 2.31. The average Bonchev–Trinajstić information content (AvgIpc) is 2.41. The zero-order valence-corrected chi connectivity index (χ0v) is 13.0. The number of amides is 1. The number of nitriles is 1. The van der Waals surface area contributed by atoms with Crippen molar-refractivity contribution in [1.82, 2.24) is 0 Å². The number of nitrogens with one attached hydrogen (secondary N) is 1. The molecular weight excluding hydrogens is 272 g/mol. The van der Waals surface area contributed by atoms with Crippen LogP contribution in [0.1, 0.15) is 45.1 Å². The van der Waals surface area contributed by atoms with Crippen LogP contribution >= 0.6 is 11.6 Å². The van der Waals surface area contributed by atoms with Crippen LogP contribution in [0.2, 0.25) is 5.02 Å². The van der Waals surface area contributed by atoms with Gasteiger partial charge in [-0.15, -0.1) is 0 Å². The zero-order valence-electron chi connectivity index (χ0n) is 12.3. The number of rotatable bonds is 6. The molecule has 0 bridgehead atoms. The molecule has 0 radical (unpaired) electrons. The van der Waals surface area contributed by atoms with Gasteiger partial charge in [-0.05, 0) is 43.5 Å². The lowest BCUT2D eigenvalue weighted by atomic mass is 9.79. The first kappa shape index (κ1) is 16.5. The molecule has 0 saturated carbocycles. The summed E-state index contributed by atoms with van der Waals surface area (Å²) >= 11 is 5.91. The van der Waals surface area contributed by atoms with Crippen LogP contribution in [-0.4, -0.2) is 5.91 Å². The second-order valence-corrected chi connectivity index (χ2v) is 5.54. The molecule has 0 heterocycles. The van der Waals surface area contributed by atoms with Crippen LogP contribution < -0.4 is 5.32 Å². The third kappa shape index (κ3) is 3.74. The Kier molecular flexibility index (Phi) is 6.04. The maximum absolute atomic E-state index is 12.5. The monoisotopic (exact) mass is 292 g/mol. The first-order valence-corrected chi connectivity index (χ1v) is 7.35. The summed E-state index contributed by atoms with van der Waals surface area (Å²) < 4.78 is 0. The minimum atomic E-state index is -0.935. The van der Waals surface area contributed by atoms with Crippen LogP contribution in [0.15, 0.2) is 18.2 Å². The number of hydrogen-bond donors (Lipinski definition) is 1. The fourth-order valence-electron chi connectivity index (χ4n) is 2.38. The third-order valence-electron chi connectivity index (χ3n) is 3.44. The maximum atomic E-state index is 12.5. The lowest BCUT2D eigenvalue weighted by Gasteiger charge is -2.25. The molecule has 0 aliphatic carbocycles. The van der Waals surface area contributed by atoms with Crippen molar-refractivity contribution in [3.8, 4) is 6.07 Å². The van der Waals surface area contributed by atoms with E-state index in [2.05, 4.69) is 11.4 Å². The smallest absolute Gasteiger partial charge is 0.244 e. The van der Waals surface area contributed by atoms with Crippen molar-refractivity contribution in [3.05, 3.63) is 28.8 Å². The van der Waals surface area contributed by atoms with Crippen LogP contribution in [0.5, 0.6) is 0 Å². The van der Waals surface area contributed by atoms with Gasteiger partial charge in [-0.3, -0.25) is 4.79 Å². The van der Waals surface area contributed by atoms with Gasteiger partial charge in [0.25, 0.3) is 0 Å². The summed E-state index contributed by atoms with van der Waals surface area (Å²) in [5, 5.41) is 13.0. The molecule has 0 unspecified atom stereocenters. The lowest BCUT2D eigenvalue weighted by molar-refractivity contribution is -0.123. The summed E-state index contributed by atoms with van der Waals surface area (Å²) in [6.45, 7) is 5.86. The molecule has 1 rings (SSSR count). The van der Waals surface area contributed by atoms with Crippen molar-refractivity contribution in [2.24, 2.45) is 5.41 Å². The Bertz CT molecular complexity index is 514. The van der Waals surface area contributed by atoms with Gasteiger partial charge in [0, 0.05) is 10.7 Å². The van der Waals surface area contributed by atoms with Crippen LogP contribution in [-0.2, 0) is 4.79 Å². The van der Waals surface area contributed by atoms with Crippen molar-refractivity contribution in [2.75, 3.05) is 5.32 Å². The Morgan fingerprint density at radius 1 is 1.35 bits per heavy atom. The molecule has 0 atom stereocenters. The number of benzene rings is 1. The highest BCUT2D eigenvalue weighted by atomic mass is 35.5. The van der Waals surface area contributed by atoms with E-state index in [9.17, 15) is 10.1 Å². The Morgan fingerprint density at radius 2 is 1.95 bits per heavy atom.